The van der Waals surface area contributed by atoms with Gasteiger partial charge in [0.1, 0.15) is 12.0 Å². The molecule has 4 rings (SSSR count). The fourth-order valence-electron chi connectivity index (χ4n) is 5.19. The number of para-hydroxylation sites is 1. The first-order chi connectivity index (χ1) is 21.8. The van der Waals surface area contributed by atoms with E-state index in [2.05, 4.69) is 15.6 Å². The molecule has 45 heavy (non-hydrogen) atoms. The normalized spacial score (nSPS) is 17.8. The van der Waals surface area contributed by atoms with Gasteiger partial charge >= 0.3 is 0 Å². The first kappa shape index (κ1) is 33.5. The summed E-state index contributed by atoms with van der Waals surface area (Å²) >= 11 is 0. The van der Waals surface area contributed by atoms with Crippen molar-refractivity contribution in [3.63, 3.8) is 0 Å². The summed E-state index contributed by atoms with van der Waals surface area (Å²) in [5, 5.41) is 26.5. The van der Waals surface area contributed by atoms with Gasteiger partial charge in [0.2, 0.25) is 12.2 Å². The van der Waals surface area contributed by atoms with Crippen molar-refractivity contribution in [2.75, 3.05) is 58.0 Å². The van der Waals surface area contributed by atoms with Crippen LogP contribution in [0.5, 0.6) is 0 Å². The van der Waals surface area contributed by atoms with Crippen molar-refractivity contribution in [1.82, 2.24) is 14.9 Å². The van der Waals surface area contributed by atoms with Crippen molar-refractivity contribution in [2.24, 2.45) is 5.92 Å². The molecule has 1 aromatic carbocycles. The van der Waals surface area contributed by atoms with Crippen molar-refractivity contribution in [3.8, 4) is 0 Å². The number of anilines is 1. The third kappa shape index (κ3) is 8.85. The van der Waals surface area contributed by atoms with Gasteiger partial charge in [-0.2, -0.15) is 0 Å². The molecule has 0 spiro atoms. The number of fused-ring (bicyclic) bond motifs is 1. The molecule has 3 N–H and O–H groups in total. The van der Waals surface area contributed by atoms with Crippen LogP contribution in [0.25, 0.3) is 10.9 Å². The highest BCUT2D eigenvalue weighted by Gasteiger charge is 2.39. The Morgan fingerprint density at radius 2 is 1.89 bits per heavy atom. The highest BCUT2D eigenvalue weighted by atomic mass is 16.7. The second kappa shape index (κ2) is 16.6. The maximum atomic E-state index is 13.3. The molecule has 1 aliphatic heterocycles. The van der Waals surface area contributed by atoms with Crippen LogP contribution < -0.4 is 10.6 Å². The van der Waals surface area contributed by atoms with Crippen LogP contribution >= 0.6 is 0 Å². The largest absolute Gasteiger partial charge is 0.459 e. The van der Waals surface area contributed by atoms with Gasteiger partial charge in [0.25, 0.3) is 11.6 Å². The number of nitrogens with one attached hydrogen (secondary N) is 2. The zero-order valence-electron chi connectivity index (χ0n) is 25.3. The number of hydrogen-bond acceptors (Lipinski definition) is 11. The number of aliphatic hydroxyl groups is 1. The van der Waals surface area contributed by atoms with Crippen molar-refractivity contribution in [2.45, 2.75) is 32.5 Å². The van der Waals surface area contributed by atoms with E-state index in [1.807, 2.05) is 37.4 Å². The molecule has 1 aliphatic rings. The lowest BCUT2D eigenvalue weighted by Crippen LogP contribution is -2.40. The zero-order chi connectivity index (χ0) is 32.2. The van der Waals surface area contributed by atoms with Gasteiger partial charge in [-0.15, -0.1) is 0 Å². The molecule has 0 fully saturated rings. The number of nitro groups is 1. The predicted molar refractivity (Wildman–Crippen MR) is 165 cm³/mol. The molecule has 0 saturated heterocycles. The molecule has 0 saturated carbocycles. The molecule has 0 bridgehead atoms. The van der Waals surface area contributed by atoms with Crippen LogP contribution in [-0.2, 0) is 23.7 Å². The van der Waals surface area contributed by atoms with E-state index in [-0.39, 0.29) is 48.9 Å². The summed E-state index contributed by atoms with van der Waals surface area (Å²) in [7, 11) is 0. The van der Waals surface area contributed by atoms with Crippen molar-refractivity contribution < 1.29 is 38.6 Å². The SMILES string of the molecule is CCO[C@@H]1OC(C(=O)NCCNc2ccc([N+](=O)[O-])cn2)=C[C@H](c2cn(C(C)=O)c3ccccc23)[C@@H]1CCOCCOCCO. The van der Waals surface area contributed by atoms with Crippen LogP contribution in [0.2, 0.25) is 0 Å². The van der Waals surface area contributed by atoms with Gasteiger partial charge in [-0.1, -0.05) is 18.2 Å². The third-order valence-electron chi connectivity index (χ3n) is 7.26. The standard InChI is InChI=1S/C31H39N5O9/c1-3-44-31-24(10-14-42-16-17-43-15-13-37)25(26-20-35(21(2)38)27-7-5-4-6-23(26)27)18-28(45-31)30(39)33-12-11-32-29-9-8-22(19-34-29)36(40)41/h4-9,18-20,24-25,31,37H,3,10-17H2,1-2H3,(H,32,34)(H,33,39)/t24-,25-,31+/m0/s1. The molecule has 0 radical (unpaired) electrons. The maximum Gasteiger partial charge on any atom is 0.287 e. The van der Waals surface area contributed by atoms with Crippen LogP contribution in [0.4, 0.5) is 11.5 Å². The van der Waals surface area contributed by atoms with Crippen molar-refractivity contribution in [1.29, 1.82) is 0 Å². The van der Waals surface area contributed by atoms with Crippen LogP contribution in [0.15, 0.2) is 60.6 Å². The summed E-state index contributed by atoms with van der Waals surface area (Å²) in [6.45, 7) is 5.51. The highest BCUT2D eigenvalue weighted by Crippen LogP contribution is 2.42. The van der Waals surface area contributed by atoms with E-state index in [0.717, 1.165) is 22.7 Å². The number of aromatic nitrogens is 2. The number of hydrogen-bond donors (Lipinski definition) is 3. The number of benzene rings is 1. The van der Waals surface area contributed by atoms with E-state index in [1.165, 1.54) is 19.1 Å². The minimum Gasteiger partial charge on any atom is -0.459 e. The van der Waals surface area contributed by atoms with Crippen LogP contribution in [-0.4, -0.2) is 90.4 Å². The average Bonchev–Trinajstić information content (AvgIpc) is 3.43. The molecule has 3 aromatic rings. The monoisotopic (exact) mass is 625 g/mol. The minimum absolute atomic E-state index is 0.0548. The molecule has 242 valence electrons. The van der Waals surface area contributed by atoms with E-state index in [1.54, 1.807) is 10.6 Å². The first-order valence-electron chi connectivity index (χ1n) is 14.8. The Balaban J connectivity index is 1.53. The second-order valence-corrected chi connectivity index (χ2v) is 10.2. The fourth-order valence-corrected chi connectivity index (χ4v) is 5.19. The number of pyridine rings is 1. The van der Waals surface area contributed by atoms with Crippen molar-refractivity contribution in [3.05, 3.63) is 76.3 Å². The van der Waals surface area contributed by atoms with Gasteiger partial charge in [-0.25, -0.2) is 4.98 Å². The van der Waals surface area contributed by atoms with E-state index < -0.39 is 17.1 Å². The number of amides is 1. The van der Waals surface area contributed by atoms with Crippen LogP contribution in [0.1, 0.15) is 36.5 Å². The first-order valence-corrected chi connectivity index (χ1v) is 14.8. The molecule has 2 aromatic heterocycles. The summed E-state index contributed by atoms with van der Waals surface area (Å²) in [6.07, 6.45) is 4.52. The van der Waals surface area contributed by atoms with E-state index in [9.17, 15) is 19.7 Å². The lowest BCUT2D eigenvalue weighted by Gasteiger charge is -2.36. The number of rotatable bonds is 17. The molecular weight excluding hydrogens is 586 g/mol. The summed E-state index contributed by atoms with van der Waals surface area (Å²) < 4.78 is 24.8. The Hall–Kier alpha value is -4.37. The molecule has 14 nitrogen and oxygen atoms in total. The molecule has 3 heterocycles. The topological polar surface area (TPSA) is 176 Å². The van der Waals surface area contributed by atoms with Gasteiger partial charge < -0.3 is 34.7 Å². The summed E-state index contributed by atoms with van der Waals surface area (Å²) in [6, 6.07) is 10.5. The molecule has 14 heteroatoms. The second-order valence-electron chi connectivity index (χ2n) is 10.2. The lowest BCUT2D eigenvalue weighted by atomic mass is 9.81. The summed E-state index contributed by atoms with van der Waals surface area (Å²) in [5.74, 6) is -0.633. The maximum absolute atomic E-state index is 13.3. The number of carbonyl (C=O) groups is 2. The number of carbonyl (C=O) groups excluding carboxylic acids is 2. The quantitative estimate of drug-likeness (QED) is 0.114. The fraction of sp³-hybridized carbons (Fsp3) is 0.452. The smallest absolute Gasteiger partial charge is 0.287 e. The Morgan fingerprint density at radius 3 is 2.58 bits per heavy atom. The number of allylic oxidation sites excluding steroid dienone is 1. The summed E-state index contributed by atoms with van der Waals surface area (Å²) in [5.41, 5.74) is 1.51. The van der Waals surface area contributed by atoms with Crippen LogP contribution in [0.3, 0.4) is 0 Å². The zero-order valence-corrected chi connectivity index (χ0v) is 25.3. The third-order valence-corrected chi connectivity index (χ3v) is 7.26. The Labute approximate surface area is 260 Å². The number of nitrogens with zero attached hydrogens (tertiary/aromatic N) is 3. The highest BCUT2D eigenvalue weighted by molar-refractivity contribution is 5.95. The molecule has 0 unspecified atom stereocenters. The lowest BCUT2D eigenvalue weighted by molar-refractivity contribution is -0.385. The number of aliphatic hydroxyl groups excluding tert-OH is 1. The molecule has 0 aliphatic carbocycles. The van der Waals surface area contributed by atoms with Gasteiger partial charge in [0.05, 0.1) is 36.9 Å². The predicted octanol–water partition coefficient (Wildman–Crippen LogP) is 3.23. The van der Waals surface area contributed by atoms with E-state index >= 15 is 0 Å². The minimum atomic E-state index is -0.762. The van der Waals surface area contributed by atoms with Gasteiger partial charge in [-0.05, 0) is 37.1 Å². The van der Waals surface area contributed by atoms with Gasteiger partial charge in [0, 0.05) is 62.7 Å². The number of ether oxygens (including phenoxy) is 4. The van der Waals surface area contributed by atoms with Crippen molar-refractivity contribution >= 4 is 34.2 Å². The summed E-state index contributed by atoms with van der Waals surface area (Å²) in [4.78, 5) is 40.2. The van der Waals surface area contributed by atoms with E-state index in [4.69, 9.17) is 24.1 Å². The van der Waals surface area contributed by atoms with E-state index in [0.29, 0.717) is 45.2 Å². The molecule has 3 atom stereocenters. The Morgan fingerprint density at radius 1 is 1.11 bits per heavy atom. The van der Waals surface area contributed by atoms with Gasteiger partial charge in [-0.3, -0.25) is 24.3 Å². The average molecular weight is 626 g/mol. The molecular formula is C31H39N5O9. The van der Waals surface area contributed by atoms with Crippen LogP contribution in [0, 0.1) is 16.0 Å². The Bertz CT molecular complexity index is 1470. The van der Waals surface area contributed by atoms with Gasteiger partial charge in [0.15, 0.2) is 5.76 Å². The Kier molecular flexibility index (Phi) is 12.4. The molecule has 1 amide bonds.